The summed E-state index contributed by atoms with van der Waals surface area (Å²) < 4.78 is 0. The van der Waals surface area contributed by atoms with Crippen molar-refractivity contribution in [1.29, 1.82) is 0 Å². The number of nitrogens with one attached hydrogen (secondary N) is 1. The number of nitrogens with zero attached hydrogens (tertiary/aromatic N) is 1. The maximum Gasteiger partial charge on any atom is 0.0564 e. The van der Waals surface area contributed by atoms with Gasteiger partial charge in [-0.15, -0.1) is 0 Å². The van der Waals surface area contributed by atoms with Gasteiger partial charge in [-0.05, 0) is 68.8 Å². The zero-order chi connectivity index (χ0) is 15.4. The molecule has 3 nitrogen and oxygen atoms in total. The van der Waals surface area contributed by atoms with Crippen molar-refractivity contribution in [2.45, 2.75) is 44.2 Å². The Bertz CT molecular complexity index is 453. The van der Waals surface area contributed by atoms with Gasteiger partial charge in [0.25, 0.3) is 0 Å². The Morgan fingerprint density at radius 1 is 1.14 bits per heavy atom. The van der Waals surface area contributed by atoms with E-state index in [1.807, 2.05) is 12.1 Å². The maximum absolute atomic E-state index is 9.54. The molecular weight excluding hydrogens is 296 g/mol. The summed E-state index contributed by atoms with van der Waals surface area (Å²) in [6, 6.07) is 8.79. The molecule has 22 heavy (non-hydrogen) atoms. The van der Waals surface area contributed by atoms with Gasteiger partial charge in [-0.1, -0.05) is 23.7 Å². The van der Waals surface area contributed by atoms with Crippen LogP contribution in [0.2, 0.25) is 5.02 Å². The quantitative estimate of drug-likeness (QED) is 0.757. The molecule has 1 saturated carbocycles. The summed E-state index contributed by atoms with van der Waals surface area (Å²) in [5.74, 6) is 0.798. The third-order valence-electron chi connectivity index (χ3n) is 4.90. The van der Waals surface area contributed by atoms with Crippen LogP contribution in [-0.2, 0) is 0 Å². The molecule has 1 aromatic rings. The molecule has 1 heterocycles. The summed E-state index contributed by atoms with van der Waals surface area (Å²) in [5, 5.41) is 14.1. The predicted molar refractivity (Wildman–Crippen MR) is 91.2 cm³/mol. The maximum atomic E-state index is 9.54. The fourth-order valence-electron chi connectivity index (χ4n) is 3.36. The summed E-state index contributed by atoms with van der Waals surface area (Å²) >= 11 is 5.99. The lowest BCUT2D eigenvalue weighted by atomic mass is 10.0. The lowest BCUT2D eigenvalue weighted by Crippen LogP contribution is -2.37. The Morgan fingerprint density at radius 3 is 2.45 bits per heavy atom. The molecule has 2 N–H and O–H groups in total. The number of likely N-dealkylation sites (tertiary alicyclic amines) is 1. The molecule has 4 heteroatoms. The van der Waals surface area contributed by atoms with E-state index in [0.29, 0.717) is 6.04 Å². The van der Waals surface area contributed by atoms with Crippen LogP contribution in [0.25, 0.3) is 0 Å². The molecule has 1 aliphatic carbocycles. The summed E-state index contributed by atoms with van der Waals surface area (Å²) in [5.41, 5.74) is 1.37. The van der Waals surface area contributed by atoms with Crippen LogP contribution >= 0.6 is 11.6 Å². The van der Waals surface area contributed by atoms with Crippen LogP contribution in [0.15, 0.2) is 24.3 Å². The van der Waals surface area contributed by atoms with E-state index in [1.165, 1.54) is 24.8 Å². The highest BCUT2D eigenvalue weighted by Gasteiger charge is 2.31. The molecule has 0 radical (unpaired) electrons. The Morgan fingerprint density at radius 2 is 1.82 bits per heavy atom. The first-order valence-corrected chi connectivity index (χ1v) is 8.99. The Labute approximate surface area is 138 Å². The van der Waals surface area contributed by atoms with Crippen LogP contribution in [0.5, 0.6) is 0 Å². The van der Waals surface area contributed by atoms with Crippen LogP contribution in [-0.4, -0.2) is 42.3 Å². The first-order chi connectivity index (χ1) is 10.7. The van der Waals surface area contributed by atoms with E-state index in [-0.39, 0.29) is 6.10 Å². The Balaban J connectivity index is 1.41. The largest absolute Gasteiger partial charge is 0.393 e. The molecule has 2 fully saturated rings. The van der Waals surface area contributed by atoms with Gasteiger partial charge in [0.15, 0.2) is 0 Å². The standard InChI is InChI=1S/C18H27ClN2O/c19-16-6-4-15(5-7-16)18(14-2-3-14)20-10-1-11-21-12-8-17(22)9-13-21/h4-7,14,17-18,20,22H,1-3,8-13H2. The SMILES string of the molecule is OC1CCN(CCCNC(c2ccc(Cl)cc2)C2CC2)CC1. The van der Waals surface area contributed by atoms with Crippen molar-refractivity contribution < 1.29 is 5.11 Å². The normalized spacial score (nSPS) is 21.9. The van der Waals surface area contributed by atoms with E-state index in [9.17, 15) is 5.11 Å². The number of halogens is 1. The molecule has 0 amide bonds. The molecule has 0 aromatic heterocycles. The van der Waals surface area contributed by atoms with Crippen molar-refractivity contribution in [2.75, 3.05) is 26.2 Å². The van der Waals surface area contributed by atoms with E-state index in [1.54, 1.807) is 0 Å². The lowest BCUT2D eigenvalue weighted by molar-refractivity contribution is 0.0820. The third-order valence-corrected chi connectivity index (χ3v) is 5.15. The van der Waals surface area contributed by atoms with Crippen molar-refractivity contribution in [3.05, 3.63) is 34.9 Å². The average molecular weight is 323 g/mol. The van der Waals surface area contributed by atoms with Gasteiger partial charge >= 0.3 is 0 Å². The zero-order valence-corrected chi connectivity index (χ0v) is 13.9. The fraction of sp³-hybridized carbons (Fsp3) is 0.667. The van der Waals surface area contributed by atoms with Gasteiger partial charge in [0.1, 0.15) is 0 Å². The fourth-order valence-corrected chi connectivity index (χ4v) is 3.49. The van der Waals surface area contributed by atoms with Gasteiger partial charge < -0.3 is 15.3 Å². The molecule has 1 aromatic carbocycles. The van der Waals surface area contributed by atoms with Crippen molar-refractivity contribution in [3.8, 4) is 0 Å². The minimum Gasteiger partial charge on any atom is -0.393 e. The first-order valence-electron chi connectivity index (χ1n) is 8.61. The van der Waals surface area contributed by atoms with Gasteiger partial charge in [-0.25, -0.2) is 0 Å². The molecule has 0 spiro atoms. The topological polar surface area (TPSA) is 35.5 Å². The van der Waals surface area contributed by atoms with Crippen LogP contribution in [0.4, 0.5) is 0 Å². The predicted octanol–water partition coefficient (Wildman–Crippen LogP) is 3.23. The molecule has 122 valence electrons. The molecule has 1 unspecified atom stereocenters. The summed E-state index contributed by atoms with van der Waals surface area (Å²) in [6.07, 6.45) is 5.64. The summed E-state index contributed by atoms with van der Waals surface area (Å²) in [7, 11) is 0. The molecule has 1 saturated heterocycles. The molecule has 0 bridgehead atoms. The highest BCUT2D eigenvalue weighted by Crippen LogP contribution is 2.41. The monoisotopic (exact) mass is 322 g/mol. The highest BCUT2D eigenvalue weighted by atomic mass is 35.5. The van der Waals surface area contributed by atoms with E-state index in [4.69, 9.17) is 11.6 Å². The summed E-state index contributed by atoms with van der Waals surface area (Å²) in [6.45, 7) is 4.29. The van der Waals surface area contributed by atoms with Crippen molar-refractivity contribution in [2.24, 2.45) is 5.92 Å². The molecule has 2 aliphatic rings. The van der Waals surface area contributed by atoms with Crippen LogP contribution in [0, 0.1) is 5.92 Å². The van der Waals surface area contributed by atoms with Gasteiger partial charge in [0.2, 0.25) is 0 Å². The van der Waals surface area contributed by atoms with E-state index >= 15 is 0 Å². The average Bonchev–Trinajstić information content (AvgIpc) is 3.35. The molecular formula is C18H27ClN2O. The number of aliphatic hydroxyl groups excluding tert-OH is 1. The second kappa shape index (κ2) is 7.78. The number of benzene rings is 1. The Kier molecular flexibility index (Phi) is 5.75. The van der Waals surface area contributed by atoms with Crippen LogP contribution in [0.1, 0.15) is 43.7 Å². The van der Waals surface area contributed by atoms with Gasteiger partial charge in [0.05, 0.1) is 6.10 Å². The number of hydrogen-bond acceptors (Lipinski definition) is 3. The zero-order valence-electron chi connectivity index (χ0n) is 13.2. The van der Waals surface area contributed by atoms with E-state index in [2.05, 4.69) is 22.3 Å². The number of rotatable bonds is 7. The van der Waals surface area contributed by atoms with Crippen LogP contribution < -0.4 is 5.32 Å². The molecule has 3 rings (SSSR count). The molecule has 1 aliphatic heterocycles. The summed E-state index contributed by atoms with van der Waals surface area (Å²) in [4.78, 5) is 2.48. The second-order valence-electron chi connectivity index (χ2n) is 6.75. The Hall–Kier alpha value is -0.610. The number of hydrogen-bond donors (Lipinski definition) is 2. The molecule has 1 atom stereocenters. The van der Waals surface area contributed by atoms with Crippen LogP contribution in [0.3, 0.4) is 0 Å². The van der Waals surface area contributed by atoms with Crippen molar-refractivity contribution in [1.82, 2.24) is 10.2 Å². The van der Waals surface area contributed by atoms with Gasteiger partial charge in [-0.2, -0.15) is 0 Å². The lowest BCUT2D eigenvalue weighted by Gasteiger charge is -2.29. The van der Waals surface area contributed by atoms with Crippen molar-refractivity contribution >= 4 is 11.6 Å². The van der Waals surface area contributed by atoms with Gasteiger partial charge in [-0.3, -0.25) is 0 Å². The minimum absolute atomic E-state index is 0.0708. The third kappa shape index (κ3) is 4.69. The second-order valence-corrected chi connectivity index (χ2v) is 7.18. The van der Waals surface area contributed by atoms with E-state index < -0.39 is 0 Å². The first kappa shape index (κ1) is 16.3. The number of piperidine rings is 1. The minimum atomic E-state index is -0.0708. The van der Waals surface area contributed by atoms with E-state index in [0.717, 1.165) is 50.0 Å². The smallest absolute Gasteiger partial charge is 0.0564 e. The highest BCUT2D eigenvalue weighted by molar-refractivity contribution is 6.30. The van der Waals surface area contributed by atoms with Gasteiger partial charge in [0, 0.05) is 24.2 Å². The number of aliphatic hydroxyl groups is 1. The van der Waals surface area contributed by atoms with Crippen molar-refractivity contribution in [3.63, 3.8) is 0 Å².